The number of thioether (sulfide) groups is 1. The van der Waals surface area contributed by atoms with E-state index in [0.29, 0.717) is 11.3 Å². The molecule has 4 nitrogen and oxygen atoms in total. The number of benzene rings is 1. The Kier molecular flexibility index (Phi) is 4.70. The zero-order valence-electron chi connectivity index (χ0n) is 11.6. The van der Waals surface area contributed by atoms with E-state index >= 15 is 0 Å². The number of hydrogen-bond donors (Lipinski definition) is 1. The van der Waals surface area contributed by atoms with Gasteiger partial charge in [-0.3, -0.25) is 4.79 Å². The quantitative estimate of drug-likeness (QED) is 0.865. The molecule has 1 amide bonds. The molecule has 0 radical (unpaired) electrons. The van der Waals surface area contributed by atoms with Gasteiger partial charge in [0.15, 0.2) is 0 Å². The second-order valence-electron chi connectivity index (χ2n) is 4.54. The van der Waals surface area contributed by atoms with Gasteiger partial charge in [-0.2, -0.15) is 5.26 Å². The minimum absolute atomic E-state index is 0.0407. The summed E-state index contributed by atoms with van der Waals surface area (Å²) in [6.45, 7) is 3.04. The van der Waals surface area contributed by atoms with E-state index in [1.54, 1.807) is 11.9 Å². The number of carbonyl (C=O) groups is 1. The molecule has 1 aliphatic heterocycles. The Morgan fingerprint density at radius 2 is 2.15 bits per heavy atom. The number of anilines is 1. The topological polar surface area (TPSA) is 56.1 Å². The van der Waals surface area contributed by atoms with E-state index in [0.717, 1.165) is 29.2 Å². The Balaban J connectivity index is 2.27. The summed E-state index contributed by atoms with van der Waals surface area (Å²) in [4.78, 5) is 13.1. The van der Waals surface area contributed by atoms with Gasteiger partial charge < -0.3 is 10.2 Å². The van der Waals surface area contributed by atoms with Gasteiger partial charge in [-0.05, 0) is 24.1 Å². The number of nitrogens with zero attached hydrogens (tertiary/aromatic N) is 2. The number of carbonyl (C=O) groups excluding carboxylic acids is 1. The second-order valence-corrected chi connectivity index (χ2v) is 5.50. The molecular weight excluding hydrogens is 270 g/mol. The summed E-state index contributed by atoms with van der Waals surface area (Å²) in [5.74, 6) is 0.451. The maximum absolute atomic E-state index is 11.6. The molecule has 5 heteroatoms. The molecule has 0 atom stereocenters. The van der Waals surface area contributed by atoms with Crippen LogP contribution in [0.2, 0.25) is 0 Å². The zero-order valence-corrected chi connectivity index (χ0v) is 12.5. The number of amides is 1. The average molecular weight is 287 g/mol. The molecule has 1 N–H and O–H groups in total. The van der Waals surface area contributed by atoms with Crippen LogP contribution in [0.1, 0.15) is 18.9 Å². The second kappa shape index (κ2) is 6.49. The Hall–Kier alpha value is -1.93. The number of allylic oxidation sites excluding steroid dienone is 1. The normalized spacial score (nSPS) is 17.1. The van der Waals surface area contributed by atoms with Crippen LogP contribution in [-0.2, 0) is 4.79 Å². The molecule has 1 fully saturated rings. The zero-order chi connectivity index (χ0) is 14.5. The van der Waals surface area contributed by atoms with Crippen LogP contribution in [-0.4, -0.2) is 30.2 Å². The van der Waals surface area contributed by atoms with E-state index in [1.165, 1.54) is 11.8 Å². The Bertz CT molecular complexity index is 572. The Labute approximate surface area is 123 Å². The molecular formula is C15H17N3OS. The SMILES string of the molecule is CCCNc1ccc(/C(C#N)=C2\SCC(=O)N2C)cc1. The molecule has 0 aromatic heterocycles. The lowest BCUT2D eigenvalue weighted by Crippen LogP contribution is -2.19. The molecule has 0 aliphatic carbocycles. The number of nitriles is 1. The van der Waals surface area contributed by atoms with Gasteiger partial charge in [0.1, 0.15) is 6.07 Å². The first-order valence-corrected chi connectivity index (χ1v) is 7.54. The van der Waals surface area contributed by atoms with Crippen molar-refractivity contribution in [2.75, 3.05) is 24.7 Å². The molecule has 1 aliphatic rings. The van der Waals surface area contributed by atoms with Crippen LogP contribution in [0.5, 0.6) is 0 Å². The minimum atomic E-state index is 0.0407. The maximum atomic E-state index is 11.6. The molecule has 0 bridgehead atoms. The van der Waals surface area contributed by atoms with Crippen molar-refractivity contribution in [3.05, 3.63) is 34.9 Å². The van der Waals surface area contributed by atoms with E-state index < -0.39 is 0 Å². The monoisotopic (exact) mass is 287 g/mol. The molecule has 2 rings (SSSR count). The predicted molar refractivity (Wildman–Crippen MR) is 83.0 cm³/mol. The van der Waals surface area contributed by atoms with E-state index in [1.807, 2.05) is 24.3 Å². The van der Waals surface area contributed by atoms with Crippen molar-refractivity contribution in [1.29, 1.82) is 5.26 Å². The van der Waals surface area contributed by atoms with E-state index in [4.69, 9.17) is 0 Å². The Morgan fingerprint density at radius 3 is 2.65 bits per heavy atom. The van der Waals surface area contributed by atoms with Crippen molar-refractivity contribution in [2.45, 2.75) is 13.3 Å². The van der Waals surface area contributed by atoms with Crippen molar-refractivity contribution >= 4 is 28.9 Å². The van der Waals surface area contributed by atoms with Crippen LogP contribution < -0.4 is 5.32 Å². The van der Waals surface area contributed by atoms with Gasteiger partial charge in [-0.1, -0.05) is 30.8 Å². The highest BCUT2D eigenvalue weighted by Crippen LogP contribution is 2.34. The summed E-state index contributed by atoms with van der Waals surface area (Å²) in [5, 5.41) is 13.4. The fourth-order valence-corrected chi connectivity index (χ4v) is 2.99. The fraction of sp³-hybridized carbons (Fsp3) is 0.333. The van der Waals surface area contributed by atoms with E-state index in [9.17, 15) is 10.1 Å². The van der Waals surface area contributed by atoms with Crippen molar-refractivity contribution < 1.29 is 4.79 Å². The lowest BCUT2D eigenvalue weighted by atomic mass is 10.1. The molecule has 0 spiro atoms. The smallest absolute Gasteiger partial charge is 0.237 e. The molecule has 20 heavy (non-hydrogen) atoms. The van der Waals surface area contributed by atoms with Crippen LogP contribution >= 0.6 is 11.8 Å². The van der Waals surface area contributed by atoms with E-state index in [-0.39, 0.29) is 5.91 Å². The maximum Gasteiger partial charge on any atom is 0.237 e. The third-order valence-electron chi connectivity index (χ3n) is 3.09. The van der Waals surface area contributed by atoms with Crippen LogP contribution in [0.3, 0.4) is 0 Å². The van der Waals surface area contributed by atoms with Crippen LogP contribution in [0.25, 0.3) is 5.57 Å². The molecule has 0 saturated carbocycles. The highest BCUT2D eigenvalue weighted by molar-refractivity contribution is 8.04. The summed E-state index contributed by atoms with van der Waals surface area (Å²) in [6, 6.07) is 9.98. The molecule has 0 unspecified atom stereocenters. The third kappa shape index (κ3) is 2.97. The first-order valence-electron chi connectivity index (χ1n) is 6.55. The number of nitrogens with one attached hydrogen (secondary N) is 1. The summed E-state index contributed by atoms with van der Waals surface area (Å²) in [6.07, 6.45) is 1.07. The van der Waals surface area contributed by atoms with Crippen molar-refractivity contribution in [3.8, 4) is 6.07 Å². The van der Waals surface area contributed by atoms with Gasteiger partial charge in [0.2, 0.25) is 5.91 Å². The number of rotatable bonds is 4. The van der Waals surface area contributed by atoms with Gasteiger partial charge in [-0.15, -0.1) is 0 Å². The van der Waals surface area contributed by atoms with Crippen LogP contribution in [0.15, 0.2) is 29.3 Å². The number of hydrogen-bond acceptors (Lipinski definition) is 4. The molecule has 1 saturated heterocycles. The summed E-state index contributed by atoms with van der Waals surface area (Å²) >= 11 is 1.42. The summed E-state index contributed by atoms with van der Waals surface area (Å²) < 4.78 is 0. The molecule has 1 aromatic carbocycles. The van der Waals surface area contributed by atoms with E-state index in [2.05, 4.69) is 18.3 Å². The van der Waals surface area contributed by atoms with Gasteiger partial charge in [0.05, 0.1) is 16.4 Å². The molecule has 1 aromatic rings. The predicted octanol–water partition coefficient (Wildman–Crippen LogP) is 2.91. The first-order chi connectivity index (χ1) is 9.67. The fourth-order valence-electron chi connectivity index (χ4n) is 1.94. The highest BCUT2D eigenvalue weighted by atomic mass is 32.2. The largest absolute Gasteiger partial charge is 0.385 e. The third-order valence-corrected chi connectivity index (χ3v) is 4.23. The Morgan fingerprint density at radius 1 is 1.45 bits per heavy atom. The van der Waals surface area contributed by atoms with Gasteiger partial charge in [0, 0.05) is 19.3 Å². The van der Waals surface area contributed by atoms with Crippen molar-refractivity contribution in [3.63, 3.8) is 0 Å². The van der Waals surface area contributed by atoms with Gasteiger partial charge >= 0.3 is 0 Å². The van der Waals surface area contributed by atoms with Crippen molar-refractivity contribution in [1.82, 2.24) is 4.90 Å². The van der Waals surface area contributed by atoms with Gasteiger partial charge in [-0.25, -0.2) is 0 Å². The standard InChI is InChI=1S/C15H17N3OS/c1-3-8-17-12-6-4-11(5-7-12)13(9-16)15-18(2)14(19)10-20-15/h4-7,17H,3,8,10H2,1-2H3/b15-13-. The lowest BCUT2D eigenvalue weighted by Gasteiger charge is -2.12. The molecule has 104 valence electrons. The van der Waals surface area contributed by atoms with Gasteiger partial charge in [0.25, 0.3) is 0 Å². The lowest BCUT2D eigenvalue weighted by molar-refractivity contribution is -0.124. The van der Waals surface area contributed by atoms with Crippen LogP contribution in [0.4, 0.5) is 5.69 Å². The van der Waals surface area contributed by atoms with Crippen LogP contribution in [0, 0.1) is 11.3 Å². The summed E-state index contributed by atoms with van der Waals surface area (Å²) in [5.41, 5.74) is 2.45. The van der Waals surface area contributed by atoms with Crippen molar-refractivity contribution in [2.24, 2.45) is 0 Å². The summed E-state index contributed by atoms with van der Waals surface area (Å²) in [7, 11) is 1.71. The molecule has 1 heterocycles. The average Bonchev–Trinajstić information content (AvgIpc) is 2.80. The first kappa shape index (κ1) is 14.5. The highest BCUT2D eigenvalue weighted by Gasteiger charge is 2.26. The minimum Gasteiger partial charge on any atom is -0.385 e.